The van der Waals surface area contributed by atoms with Crippen LogP contribution in [0, 0.1) is 17.0 Å². The van der Waals surface area contributed by atoms with Crippen molar-refractivity contribution in [3.63, 3.8) is 0 Å². The predicted molar refractivity (Wildman–Crippen MR) is 76.1 cm³/mol. The Hall–Kier alpha value is -1.62. The summed E-state index contributed by atoms with van der Waals surface area (Å²) in [4.78, 5) is 10.8. The van der Waals surface area contributed by atoms with Gasteiger partial charge in [-0.15, -0.1) is 0 Å². The number of anilines is 1. The molecule has 0 aromatic heterocycles. The Bertz CT molecular complexity index is 466. The van der Waals surface area contributed by atoms with E-state index < -0.39 is 0 Å². The van der Waals surface area contributed by atoms with Crippen LogP contribution in [0.15, 0.2) is 18.2 Å². The number of aryl methyl sites for hydroxylation is 1. The van der Waals surface area contributed by atoms with Crippen molar-refractivity contribution >= 4 is 11.4 Å². The summed E-state index contributed by atoms with van der Waals surface area (Å²) in [5.41, 5.74) is 4.95. The van der Waals surface area contributed by atoms with Gasteiger partial charge in [0, 0.05) is 18.2 Å². The van der Waals surface area contributed by atoms with Gasteiger partial charge in [-0.3, -0.25) is 10.1 Å². The molecule has 0 radical (unpaired) electrons. The molecule has 1 N–H and O–H groups in total. The molecule has 0 bridgehead atoms. The minimum atomic E-state index is -0.325. The minimum Gasteiger partial charge on any atom is -0.312 e. The fraction of sp³-hybridized carbons (Fsp3) is 0.571. The fourth-order valence-electron chi connectivity index (χ4n) is 2.72. The van der Waals surface area contributed by atoms with Crippen LogP contribution >= 0.6 is 0 Å². The molecule has 19 heavy (non-hydrogen) atoms. The lowest BCUT2D eigenvalue weighted by molar-refractivity contribution is -0.384. The molecule has 0 saturated carbocycles. The van der Waals surface area contributed by atoms with Crippen LogP contribution in [0.25, 0.3) is 0 Å². The molecule has 5 heteroatoms. The number of benzene rings is 1. The van der Waals surface area contributed by atoms with E-state index in [0.29, 0.717) is 17.8 Å². The van der Waals surface area contributed by atoms with Crippen molar-refractivity contribution in [1.29, 1.82) is 0 Å². The third kappa shape index (κ3) is 2.87. The molecule has 0 aliphatic carbocycles. The van der Waals surface area contributed by atoms with Gasteiger partial charge in [-0.2, -0.15) is 0 Å². The van der Waals surface area contributed by atoms with Crippen LogP contribution in [0.1, 0.15) is 38.7 Å². The Balaban J connectivity index is 2.29. The summed E-state index contributed by atoms with van der Waals surface area (Å²) in [6, 6.07) is 5.95. The number of para-hydroxylation sites is 1. The molecule has 5 nitrogen and oxygen atoms in total. The molecule has 1 saturated heterocycles. The first-order chi connectivity index (χ1) is 9.00. The smallest absolute Gasteiger partial charge is 0.293 e. The minimum absolute atomic E-state index is 0.143. The van der Waals surface area contributed by atoms with E-state index in [2.05, 4.69) is 24.3 Å². The van der Waals surface area contributed by atoms with Crippen LogP contribution in [-0.2, 0) is 0 Å². The number of hydrazine groups is 1. The molecular formula is C14H21N3O2. The van der Waals surface area contributed by atoms with Gasteiger partial charge >= 0.3 is 0 Å². The third-order valence-corrected chi connectivity index (χ3v) is 3.88. The first kappa shape index (κ1) is 13.8. The van der Waals surface area contributed by atoms with E-state index in [1.165, 1.54) is 6.42 Å². The SMILES string of the molecule is Cc1cccc([N+](=O)[O-])c1NN1C(C)CCCC1C. The highest BCUT2D eigenvalue weighted by atomic mass is 16.6. The van der Waals surface area contributed by atoms with Crippen LogP contribution in [-0.4, -0.2) is 22.0 Å². The maximum absolute atomic E-state index is 11.1. The summed E-state index contributed by atoms with van der Waals surface area (Å²) in [6.07, 6.45) is 3.46. The largest absolute Gasteiger partial charge is 0.312 e. The predicted octanol–water partition coefficient (Wildman–Crippen LogP) is 3.49. The van der Waals surface area contributed by atoms with Crippen molar-refractivity contribution in [3.8, 4) is 0 Å². The first-order valence-corrected chi connectivity index (χ1v) is 6.79. The zero-order chi connectivity index (χ0) is 14.0. The van der Waals surface area contributed by atoms with Crippen molar-refractivity contribution in [2.75, 3.05) is 5.43 Å². The van der Waals surface area contributed by atoms with E-state index in [4.69, 9.17) is 0 Å². The van der Waals surface area contributed by atoms with Gasteiger partial charge in [0.05, 0.1) is 4.92 Å². The monoisotopic (exact) mass is 263 g/mol. The Morgan fingerprint density at radius 1 is 1.32 bits per heavy atom. The molecule has 1 aliphatic heterocycles. The number of hydrogen-bond acceptors (Lipinski definition) is 4. The van der Waals surface area contributed by atoms with E-state index >= 15 is 0 Å². The van der Waals surface area contributed by atoms with Gasteiger partial charge in [0.2, 0.25) is 0 Å². The second-order valence-corrected chi connectivity index (χ2v) is 5.37. The zero-order valence-electron chi connectivity index (χ0n) is 11.7. The van der Waals surface area contributed by atoms with E-state index in [0.717, 1.165) is 18.4 Å². The normalized spacial score (nSPS) is 24.2. The standard InChI is InChI=1S/C14H21N3O2/c1-10-6-4-9-13(17(18)19)14(10)15-16-11(2)7-5-8-12(16)3/h4,6,9,11-12,15H,5,7-8H2,1-3H3. The first-order valence-electron chi connectivity index (χ1n) is 6.79. The average molecular weight is 263 g/mol. The van der Waals surface area contributed by atoms with E-state index in [9.17, 15) is 10.1 Å². The molecule has 2 rings (SSSR count). The highest BCUT2D eigenvalue weighted by molar-refractivity contribution is 5.65. The van der Waals surface area contributed by atoms with Gasteiger partial charge in [0.1, 0.15) is 5.69 Å². The van der Waals surface area contributed by atoms with Gasteiger partial charge in [-0.25, -0.2) is 5.01 Å². The highest BCUT2D eigenvalue weighted by Gasteiger charge is 2.27. The quantitative estimate of drug-likeness (QED) is 0.670. The number of hydrogen-bond donors (Lipinski definition) is 1. The van der Waals surface area contributed by atoms with Crippen LogP contribution in [0.5, 0.6) is 0 Å². The topological polar surface area (TPSA) is 58.4 Å². The average Bonchev–Trinajstić information content (AvgIpc) is 2.35. The van der Waals surface area contributed by atoms with Crippen molar-refractivity contribution in [3.05, 3.63) is 33.9 Å². The number of nitro benzene ring substituents is 1. The highest BCUT2D eigenvalue weighted by Crippen LogP contribution is 2.31. The Kier molecular flexibility index (Phi) is 4.04. The summed E-state index contributed by atoms with van der Waals surface area (Å²) in [6.45, 7) is 6.22. The van der Waals surface area contributed by atoms with Crippen LogP contribution < -0.4 is 5.43 Å². The molecule has 1 fully saturated rings. The number of nitrogens with zero attached hydrogens (tertiary/aromatic N) is 2. The lowest BCUT2D eigenvalue weighted by atomic mass is 9.99. The molecule has 104 valence electrons. The summed E-state index contributed by atoms with van der Waals surface area (Å²) in [7, 11) is 0. The maximum atomic E-state index is 11.1. The Morgan fingerprint density at radius 2 is 1.95 bits per heavy atom. The second-order valence-electron chi connectivity index (χ2n) is 5.37. The third-order valence-electron chi connectivity index (χ3n) is 3.88. The second kappa shape index (κ2) is 5.57. The summed E-state index contributed by atoms with van der Waals surface area (Å²) in [5, 5.41) is 13.3. The Labute approximate surface area is 113 Å². The van der Waals surface area contributed by atoms with Crippen LogP contribution in [0.3, 0.4) is 0 Å². The lowest BCUT2D eigenvalue weighted by Crippen LogP contribution is -2.47. The van der Waals surface area contributed by atoms with Gasteiger partial charge in [0.25, 0.3) is 5.69 Å². The van der Waals surface area contributed by atoms with Crippen molar-refractivity contribution in [1.82, 2.24) is 5.01 Å². The summed E-state index contributed by atoms with van der Waals surface area (Å²) in [5.74, 6) is 0. The van der Waals surface area contributed by atoms with Crippen LogP contribution in [0.4, 0.5) is 11.4 Å². The number of piperidine rings is 1. The molecule has 0 amide bonds. The van der Waals surface area contributed by atoms with Crippen molar-refractivity contribution in [2.45, 2.75) is 52.1 Å². The van der Waals surface area contributed by atoms with E-state index in [-0.39, 0.29) is 10.6 Å². The maximum Gasteiger partial charge on any atom is 0.293 e. The van der Waals surface area contributed by atoms with E-state index in [1.807, 2.05) is 13.0 Å². The lowest BCUT2D eigenvalue weighted by Gasteiger charge is -2.39. The fourth-order valence-corrected chi connectivity index (χ4v) is 2.72. The molecule has 2 unspecified atom stereocenters. The van der Waals surface area contributed by atoms with Gasteiger partial charge in [0.15, 0.2) is 0 Å². The molecule has 2 atom stereocenters. The molecule has 1 heterocycles. The number of nitro groups is 1. The zero-order valence-corrected chi connectivity index (χ0v) is 11.7. The van der Waals surface area contributed by atoms with Gasteiger partial charge in [-0.1, -0.05) is 18.6 Å². The Morgan fingerprint density at radius 3 is 2.53 bits per heavy atom. The molecule has 1 aromatic carbocycles. The van der Waals surface area contributed by atoms with Crippen molar-refractivity contribution in [2.24, 2.45) is 0 Å². The van der Waals surface area contributed by atoms with Crippen LogP contribution in [0.2, 0.25) is 0 Å². The van der Waals surface area contributed by atoms with Gasteiger partial charge in [-0.05, 0) is 39.2 Å². The summed E-state index contributed by atoms with van der Waals surface area (Å²) >= 11 is 0. The molecular weight excluding hydrogens is 242 g/mol. The van der Waals surface area contributed by atoms with E-state index in [1.54, 1.807) is 12.1 Å². The molecule has 1 aromatic rings. The van der Waals surface area contributed by atoms with Crippen molar-refractivity contribution < 1.29 is 4.92 Å². The molecule has 0 spiro atoms. The number of nitrogens with one attached hydrogen (secondary N) is 1. The summed E-state index contributed by atoms with van der Waals surface area (Å²) < 4.78 is 0. The van der Waals surface area contributed by atoms with Gasteiger partial charge < -0.3 is 5.43 Å². The number of rotatable bonds is 3. The molecule has 1 aliphatic rings.